The van der Waals surface area contributed by atoms with Crippen LogP contribution in [0.2, 0.25) is 0 Å². The lowest BCUT2D eigenvalue weighted by Crippen LogP contribution is -2.20. The van der Waals surface area contributed by atoms with E-state index in [0.29, 0.717) is 0 Å². The molecule has 1 rings (SSSR count). The number of carbonyl (C=O) groups is 1. The second-order valence-corrected chi connectivity index (χ2v) is 5.89. The quantitative estimate of drug-likeness (QED) is 0.819. The van der Waals surface area contributed by atoms with Crippen LogP contribution < -0.4 is 5.32 Å². The Kier molecular flexibility index (Phi) is 4.25. The maximum atomic E-state index is 13.4. The number of nitrogens with one attached hydrogen (secondary N) is 1. The molecule has 1 N–H and O–H groups in total. The molecule has 17 heavy (non-hydrogen) atoms. The summed E-state index contributed by atoms with van der Waals surface area (Å²) < 4.78 is 26.6. The van der Waals surface area contributed by atoms with E-state index in [1.807, 2.05) is 20.8 Å². The number of benzene rings is 1. The monoisotopic (exact) mass is 305 g/mol. The van der Waals surface area contributed by atoms with E-state index in [4.69, 9.17) is 0 Å². The molecule has 0 aromatic heterocycles. The van der Waals surface area contributed by atoms with E-state index in [1.54, 1.807) is 0 Å². The lowest BCUT2D eigenvalue weighted by molar-refractivity contribution is -0.117. The number of rotatable bonds is 2. The Morgan fingerprint density at radius 3 is 2.41 bits per heavy atom. The van der Waals surface area contributed by atoms with Gasteiger partial charge in [0.05, 0.1) is 10.2 Å². The van der Waals surface area contributed by atoms with Crippen molar-refractivity contribution in [2.75, 3.05) is 5.32 Å². The summed E-state index contributed by atoms with van der Waals surface area (Å²) in [6.07, 6.45) is 0.240. The van der Waals surface area contributed by atoms with E-state index in [0.717, 1.165) is 12.1 Å². The van der Waals surface area contributed by atoms with Crippen LogP contribution >= 0.6 is 15.9 Å². The molecule has 0 fully saturated rings. The van der Waals surface area contributed by atoms with Crippen LogP contribution in [0.25, 0.3) is 0 Å². The van der Waals surface area contributed by atoms with E-state index in [1.165, 1.54) is 0 Å². The number of hydrogen-bond acceptors (Lipinski definition) is 1. The minimum Gasteiger partial charge on any atom is -0.323 e. The fraction of sp³-hybridized carbons (Fsp3) is 0.417. The zero-order valence-electron chi connectivity index (χ0n) is 9.90. The van der Waals surface area contributed by atoms with Crippen LogP contribution in [0, 0.1) is 17.0 Å². The minimum atomic E-state index is -0.666. The fourth-order valence-electron chi connectivity index (χ4n) is 1.29. The van der Waals surface area contributed by atoms with Crippen molar-refractivity contribution >= 4 is 27.5 Å². The number of carbonyl (C=O) groups excluding carboxylic acids is 1. The number of amides is 1. The van der Waals surface area contributed by atoms with Crippen LogP contribution in [0.15, 0.2) is 16.6 Å². The van der Waals surface area contributed by atoms with E-state index in [-0.39, 0.29) is 27.9 Å². The third kappa shape index (κ3) is 4.42. The Hall–Kier alpha value is -0.970. The largest absolute Gasteiger partial charge is 0.323 e. The van der Waals surface area contributed by atoms with Crippen molar-refractivity contribution in [1.29, 1.82) is 0 Å². The molecule has 0 aliphatic carbocycles. The van der Waals surface area contributed by atoms with Gasteiger partial charge in [0.1, 0.15) is 11.6 Å². The summed E-state index contributed by atoms with van der Waals surface area (Å²) in [5.41, 5.74) is -0.339. The molecule has 0 bridgehead atoms. The summed E-state index contributed by atoms with van der Waals surface area (Å²) in [7, 11) is 0. The molecule has 1 aromatic rings. The van der Waals surface area contributed by atoms with Gasteiger partial charge < -0.3 is 5.32 Å². The normalized spacial score (nSPS) is 11.4. The van der Waals surface area contributed by atoms with Crippen LogP contribution in [0.4, 0.5) is 14.5 Å². The first-order chi connectivity index (χ1) is 7.69. The molecule has 1 amide bonds. The van der Waals surface area contributed by atoms with E-state index in [2.05, 4.69) is 21.2 Å². The molecule has 0 spiro atoms. The molecule has 2 nitrogen and oxygen atoms in total. The van der Waals surface area contributed by atoms with Gasteiger partial charge in [0.25, 0.3) is 0 Å². The van der Waals surface area contributed by atoms with Crippen molar-refractivity contribution in [3.8, 4) is 0 Å². The lowest BCUT2D eigenvalue weighted by atomic mass is 9.92. The molecule has 0 atom stereocenters. The Labute approximate surface area is 108 Å². The molecule has 0 saturated heterocycles. The van der Waals surface area contributed by atoms with Gasteiger partial charge in [0, 0.05) is 12.5 Å². The predicted octanol–water partition coefficient (Wildman–Crippen LogP) is 4.10. The Morgan fingerprint density at radius 2 is 1.88 bits per heavy atom. The van der Waals surface area contributed by atoms with E-state index < -0.39 is 11.6 Å². The molecule has 0 aliphatic heterocycles. The molecule has 0 aliphatic rings. The van der Waals surface area contributed by atoms with Gasteiger partial charge in [-0.3, -0.25) is 4.79 Å². The third-order valence-corrected chi connectivity index (χ3v) is 2.58. The van der Waals surface area contributed by atoms with Crippen LogP contribution in [0.5, 0.6) is 0 Å². The maximum absolute atomic E-state index is 13.4. The smallest absolute Gasteiger partial charge is 0.224 e. The first-order valence-corrected chi connectivity index (χ1v) is 5.93. The molecule has 1 aromatic carbocycles. The standard InChI is InChI=1S/C12H14BrF2NO/c1-12(2,3)6-11(17)16-10-5-8(14)7(13)4-9(10)15/h4-5H,6H2,1-3H3,(H,16,17). The Balaban J connectivity index is 2.82. The first-order valence-electron chi connectivity index (χ1n) is 5.13. The molecule has 0 radical (unpaired) electrons. The van der Waals surface area contributed by atoms with Crippen LogP contribution in [-0.2, 0) is 4.79 Å². The van der Waals surface area contributed by atoms with Gasteiger partial charge in [0.2, 0.25) is 5.91 Å². The van der Waals surface area contributed by atoms with Gasteiger partial charge in [-0.2, -0.15) is 0 Å². The maximum Gasteiger partial charge on any atom is 0.224 e. The summed E-state index contributed by atoms with van der Waals surface area (Å²) in [6, 6.07) is 1.95. The zero-order valence-corrected chi connectivity index (χ0v) is 11.5. The topological polar surface area (TPSA) is 29.1 Å². The highest BCUT2D eigenvalue weighted by Gasteiger charge is 2.17. The summed E-state index contributed by atoms with van der Waals surface area (Å²) in [5.74, 6) is -1.61. The third-order valence-electron chi connectivity index (χ3n) is 1.97. The average Bonchev–Trinajstić information content (AvgIpc) is 2.11. The molecule has 94 valence electrons. The molecular formula is C12H14BrF2NO. The summed E-state index contributed by atoms with van der Waals surface area (Å²) >= 11 is 2.87. The van der Waals surface area contributed by atoms with Crippen LogP contribution in [0.1, 0.15) is 27.2 Å². The fourth-order valence-corrected chi connectivity index (χ4v) is 1.61. The van der Waals surface area contributed by atoms with Gasteiger partial charge in [-0.25, -0.2) is 8.78 Å². The Bertz CT molecular complexity index is 441. The predicted molar refractivity (Wildman–Crippen MR) is 66.8 cm³/mol. The number of anilines is 1. The highest BCUT2D eigenvalue weighted by atomic mass is 79.9. The Morgan fingerprint density at radius 1 is 1.29 bits per heavy atom. The second-order valence-electron chi connectivity index (χ2n) is 5.03. The van der Waals surface area contributed by atoms with Crippen molar-refractivity contribution in [3.63, 3.8) is 0 Å². The van der Waals surface area contributed by atoms with Crippen molar-refractivity contribution in [1.82, 2.24) is 0 Å². The summed E-state index contributed by atoms with van der Waals surface area (Å²) in [6.45, 7) is 5.68. The van der Waals surface area contributed by atoms with E-state index >= 15 is 0 Å². The van der Waals surface area contributed by atoms with Gasteiger partial charge >= 0.3 is 0 Å². The van der Waals surface area contributed by atoms with Gasteiger partial charge in [-0.1, -0.05) is 20.8 Å². The van der Waals surface area contributed by atoms with E-state index in [9.17, 15) is 13.6 Å². The number of halogens is 3. The van der Waals surface area contributed by atoms with Crippen molar-refractivity contribution in [2.45, 2.75) is 27.2 Å². The van der Waals surface area contributed by atoms with Crippen molar-refractivity contribution in [3.05, 3.63) is 28.2 Å². The highest BCUT2D eigenvalue weighted by Crippen LogP contribution is 2.25. The minimum absolute atomic E-state index is 0.0313. The molecule has 5 heteroatoms. The molecule has 0 unspecified atom stereocenters. The second kappa shape index (κ2) is 5.12. The average molecular weight is 306 g/mol. The molecule has 0 heterocycles. The van der Waals surface area contributed by atoms with Crippen LogP contribution in [0.3, 0.4) is 0 Å². The highest BCUT2D eigenvalue weighted by molar-refractivity contribution is 9.10. The lowest BCUT2D eigenvalue weighted by Gasteiger charge is -2.17. The first kappa shape index (κ1) is 14.1. The number of hydrogen-bond donors (Lipinski definition) is 1. The SMILES string of the molecule is CC(C)(C)CC(=O)Nc1cc(F)c(Br)cc1F. The van der Waals surface area contributed by atoms with Crippen molar-refractivity contribution < 1.29 is 13.6 Å². The van der Waals surface area contributed by atoms with Gasteiger partial charge in [0.15, 0.2) is 0 Å². The van der Waals surface area contributed by atoms with Crippen molar-refractivity contribution in [2.24, 2.45) is 5.41 Å². The van der Waals surface area contributed by atoms with Gasteiger partial charge in [-0.05, 0) is 27.4 Å². The zero-order chi connectivity index (χ0) is 13.2. The summed E-state index contributed by atoms with van der Waals surface area (Å²) in [5, 5.41) is 2.36. The summed E-state index contributed by atoms with van der Waals surface area (Å²) in [4.78, 5) is 11.6. The van der Waals surface area contributed by atoms with Gasteiger partial charge in [-0.15, -0.1) is 0 Å². The van der Waals surface area contributed by atoms with Crippen LogP contribution in [-0.4, -0.2) is 5.91 Å². The molecule has 0 saturated carbocycles. The molecular weight excluding hydrogens is 292 g/mol.